The summed E-state index contributed by atoms with van der Waals surface area (Å²) >= 11 is 0. The van der Waals surface area contributed by atoms with Crippen LogP contribution in [-0.2, 0) is 38.1 Å². The average Bonchev–Trinajstić information content (AvgIpc) is 2.34. The molecule has 0 unspecified atom stereocenters. The predicted molar refractivity (Wildman–Crippen MR) is 68.6 cm³/mol. The molecule has 124 valence electrons. The van der Waals surface area contributed by atoms with Gasteiger partial charge in [-0.25, -0.2) is 4.79 Å². The van der Waals surface area contributed by atoms with Crippen molar-refractivity contribution in [1.29, 1.82) is 0 Å². The highest BCUT2D eigenvalue weighted by Gasteiger charge is 2.52. The fourth-order valence-electron chi connectivity index (χ4n) is 2.21. The lowest BCUT2D eigenvalue weighted by Gasteiger charge is -2.42. The van der Waals surface area contributed by atoms with Gasteiger partial charge in [0.25, 0.3) is 0 Å². The van der Waals surface area contributed by atoms with E-state index in [1.807, 2.05) is 0 Å². The summed E-state index contributed by atoms with van der Waals surface area (Å²) < 4.78 is 20.2. The van der Waals surface area contributed by atoms with Gasteiger partial charge in [-0.15, -0.1) is 0 Å². The summed E-state index contributed by atoms with van der Waals surface area (Å²) in [6.07, 6.45) is -6.23. The summed E-state index contributed by atoms with van der Waals surface area (Å²) in [5.74, 6) is -3.59. The zero-order valence-electron chi connectivity index (χ0n) is 12.6. The lowest BCUT2D eigenvalue weighted by molar-refractivity contribution is -0.244. The van der Waals surface area contributed by atoms with Crippen LogP contribution in [0.5, 0.6) is 0 Å². The van der Waals surface area contributed by atoms with Crippen LogP contribution in [0.1, 0.15) is 27.7 Å². The van der Waals surface area contributed by atoms with E-state index in [2.05, 4.69) is 0 Å². The quantitative estimate of drug-likeness (QED) is 0.547. The van der Waals surface area contributed by atoms with Gasteiger partial charge in [0.05, 0.1) is 6.10 Å². The summed E-state index contributed by atoms with van der Waals surface area (Å²) in [4.78, 5) is 44.9. The van der Waals surface area contributed by atoms with Crippen LogP contribution in [-0.4, -0.2) is 59.5 Å². The molecule has 9 heteroatoms. The second-order valence-electron chi connectivity index (χ2n) is 4.82. The third-order valence-electron chi connectivity index (χ3n) is 2.92. The Morgan fingerprint density at radius 1 is 0.818 bits per heavy atom. The van der Waals surface area contributed by atoms with Crippen LogP contribution >= 0.6 is 0 Å². The van der Waals surface area contributed by atoms with E-state index >= 15 is 0 Å². The van der Waals surface area contributed by atoms with Crippen LogP contribution in [0.25, 0.3) is 0 Å². The van der Waals surface area contributed by atoms with Crippen molar-refractivity contribution >= 4 is 23.9 Å². The van der Waals surface area contributed by atoms with Crippen molar-refractivity contribution in [2.45, 2.75) is 58.2 Å². The van der Waals surface area contributed by atoms with Crippen LogP contribution < -0.4 is 0 Å². The first-order valence-electron chi connectivity index (χ1n) is 6.53. The molecule has 1 aliphatic rings. The first-order chi connectivity index (χ1) is 10.1. The standard InChI is InChI=1S/C13H18O9/c1-5-9(20-6(2)14)10(21-7(3)15)11(22-8(4)16)12(19-5)13(17)18/h5,9-12H,1-4H3,(H,17,18)/t5-,9-,10+,11-,12-/m0/s1. The fourth-order valence-corrected chi connectivity index (χ4v) is 2.21. The van der Waals surface area contributed by atoms with Gasteiger partial charge in [-0.05, 0) is 6.92 Å². The van der Waals surface area contributed by atoms with Gasteiger partial charge in [0.15, 0.2) is 24.4 Å². The van der Waals surface area contributed by atoms with E-state index in [4.69, 9.17) is 18.9 Å². The zero-order valence-corrected chi connectivity index (χ0v) is 12.6. The van der Waals surface area contributed by atoms with Gasteiger partial charge < -0.3 is 24.1 Å². The SMILES string of the molecule is CC(=O)O[C@@H]1[C@@H](OC(C)=O)[C@H](C)O[C@H](C(=O)O)[C@H]1OC(C)=O. The number of carbonyl (C=O) groups excluding carboxylic acids is 3. The number of aliphatic carboxylic acids is 1. The van der Waals surface area contributed by atoms with Crippen molar-refractivity contribution in [2.75, 3.05) is 0 Å². The first kappa shape index (κ1) is 17.9. The number of ether oxygens (including phenoxy) is 4. The minimum atomic E-state index is -1.55. The molecule has 0 aromatic carbocycles. The third-order valence-corrected chi connectivity index (χ3v) is 2.92. The Bertz CT molecular complexity index is 472. The molecule has 0 radical (unpaired) electrons. The molecule has 9 nitrogen and oxygen atoms in total. The Balaban J connectivity index is 3.18. The monoisotopic (exact) mass is 318 g/mol. The molecule has 0 aromatic rings. The number of rotatable bonds is 4. The van der Waals surface area contributed by atoms with Crippen molar-refractivity contribution in [1.82, 2.24) is 0 Å². The molecule has 0 spiro atoms. The van der Waals surface area contributed by atoms with Gasteiger partial charge >= 0.3 is 23.9 Å². The van der Waals surface area contributed by atoms with E-state index < -0.39 is 54.4 Å². The molecule has 22 heavy (non-hydrogen) atoms. The largest absolute Gasteiger partial charge is 0.479 e. The molecular weight excluding hydrogens is 300 g/mol. The van der Waals surface area contributed by atoms with Gasteiger partial charge in [0.2, 0.25) is 0 Å². The minimum Gasteiger partial charge on any atom is -0.479 e. The van der Waals surface area contributed by atoms with Gasteiger partial charge in [-0.1, -0.05) is 0 Å². The zero-order chi connectivity index (χ0) is 17.0. The van der Waals surface area contributed by atoms with Crippen LogP contribution in [0.15, 0.2) is 0 Å². The number of carboxylic acids is 1. The molecule has 1 fully saturated rings. The summed E-state index contributed by atoms with van der Waals surface area (Å²) in [5, 5.41) is 9.19. The maximum atomic E-state index is 11.3. The highest BCUT2D eigenvalue weighted by atomic mass is 16.7. The molecule has 1 N–H and O–H groups in total. The number of carboxylic acid groups (broad SMARTS) is 1. The molecule has 5 atom stereocenters. The Kier molecular flexibility index (Phi) is 5.86. The van der Waals surface area contributed by atoms with Gasteiger partial charge in [0, 0.05) is 20.8 Å². The molecule has 1 heterocycles. The molecule has 1 rings (SSSR count). The molecule has 0 amide bonds. The topological polar surface area (TPSA) is 125 Å². The molecular formula is C13H18O9. The lowest BCUT2D eigenvalue weighted by Crippen LogP contribution is -2.62. The Morgan fingerprint density at radius 2 is 1.23 bits per heavy atom. The Hall–Kier alpha value is -2.16. The van der Waals surface area contributed by atoms with E-state index in [-0.39, 0.29) is 0 Å². The van der Waals surface area contributed by atoms with E-state index in [9.17, 15) is 24.3 Å². The van der Waals surface area contributed by atoms with Crippen molar-refractivity contribution in [3.63, 3.8) is 0 Å². The second-order valence-corrected chi connectivity index (χ2v) is 4.82. The molecule has 1 saturated heterocycles. The maximum Gasteiger partial charge on any atom is 0.336 e. The summed E-state index contributed by atoms with van der Waals surface area (Å²) in [6.45, 7) is 4.78. The number of hydrogen-bond donors (Lipinski definition) is 1. The highest BCUT2D eigenvalue weighted by Crippen LogP contribution is 2.28. The van der Waals surface area contributed by atoms with Gasteiger partial charge in [-0.2, -0.15) is 0 Å². The smallest absolute Gasteiger partial charge is 0.336 e. The van der Waals surface area contributed by atoms with E-state index in [1.165, 1.54) is 6.92 Å². The normalized spacial score (nSPS) is 31.0. The molecule has 0 aromatic heterocycles. The van der Waals surface area contributed by atoms with Crippen LogP contribution in [0.3, 0.4) is 0 Å². The fraction of sp³-hybridized carbons (Fsp3) is 0.692. The lowest BCUT2D eigenvalue weighted by atomic mass is 9.94. The summed E-state index contributed by atoms with van der Waals surface area (Å²) in [5.41, 5.74) is 0. The van der Waals surface area contributed by atoms with Crippen molar-refractivity contribution in [2.24, 2.45) is 0 Å². The van der Waals surface area contributed by atoms with Crippen molar-refractivity contribution in [3.8, 4) is 0 Å². The van der Waals surface area contributed by atoms with Crippen molar-refractivity contribution < 1.29 is 43.2 Å². The minimum absolute atomic E-state index is 0.673. The predicted octanol–water partition coefficient (Wildman–Crippen LogP) is -0.347. The van der Waals surface area contributed by atoms with Crippen LogP contribution in [0, 0.1) is 0 Å². The average molecular weight is 318 g/mol. The number of carbonyl (C=O) groups is 4. The Labute approximate surface area is 126 Å². The summed E-state index contributed by atoms with van der Waals surface area (Å²) in [7, 11) is 0. The first-order valence-corrected chi connectivity index (χ1v) is 6.53. The molecule has 0 bridgehead atoms. The molecule has 0 saturated carbocycles. The highest BCUT2D eigenvalue weighted by molar-refractivity contribution is 5.75. The maximum absolute atomic E-state index is 11.3. The number of esters is 3. The van der Waals surface area contributed by atoms with Crippen LogP contribution in [0.2, 0.25) is 0 Å². The van der Waals surface area contributed by atoms with Crippen LogP contribution in [0.4, 0.5) is 0 Å². The van der Waals surface area contributed by atoms with E-state index in [0.717, 1.165) is 20.8 Å². The van der Waals surface area contributed by atoms with Gasteiger partial charge in [-0.3, -0.25) is 14.4 Å². The third kappa shape index (κ3) is 4.42. The van der Waals surface area contributed by atoms with E-state index in [1.54, 1.807) is 0 Å². The van der Waals surface area contributed by atoms with E-state index in [0.29, 0.717) is 0 Å². The second kappa shape index (κ2) is 7.21. The Morgan fingerprint density at radius 3 is 1.64 bits per heavy atom. The van der Waals surface area contributed by atoms with Crippen molar-refractivity contribution in [3.05, 3.63) is 0 Å². The molecule has 1 aliphatic heterocycles. The number of hydrogen-bond acceptors (Lipinski definition) is 8. The van der Waals surface area contributed by atoms with Gasteiger partial charge in [0.1, 0.15) is 0 Å². The summed E-state index contributed by atoms with van der Waals surface area (Å²) in [6, 6.07) is 0. The molecule has 0 aliphatic carbocycles.